The molecule has 2 aromatic carbocycles. The average molecular weight is 877 g/mol. The number of rotatable bonds is 7. The lowest BCUT2D eigenvalue weighted by atomic mass is 9.98. The van der Waals surface area contributed by atoms with E-state index in [1.807, 2.05) is 34.1 Å². The first kappa shape index (κ1) is 43.8. The van der Waals surface area contributed by atoms with Crippen molar-refractivity contribution in [3.8, 4) is 0 Å². The van der Waals surface area contributed by atoms with Crippen LogP contribution in [0.25, 0.3) is 21.8 Å². The van der Waals surface area contributed by atoms with Gasteiger partial charge in [-0.15, -0.1) is 0 Å². The van der Waals surface area contributed by atoms with Crippen molar-refractivity contribution in [2.45, 2.75) is 97.2 Å². The number of hydrogen-bond acceptors (Lipinski definition) is 8. The largest absolute Gasteiger partial charge is 0.339 e. The first-order valence-electron chi connectivity index (χ1n) is 22.3. The summed E-state index contributed by atoms with van der Waals surface area (Å²) < 4.78 is 58.1. The second-order valence-corrected chi connectivity index (χ2v) is 22.4. The summed E-state index contributed by atoms with van der Waals surface area (Å²) in [6.45, 7) is 10.6. The molecular formula is C45H64N8O6S2. The van der Waals surface area contributed by atoms with E-state index in [4.69, 9.17) is 0 Å². The van der Waals surface area contributed by atoms with Crippen molar-refractivity contribution in [3.05, 3.63) is 70.0 Å². The Labute approximate surface area is 362 Å². The molecule has 16 heteroatoms. The maximum atomic E-state index is 13.3. The SMILES string of the molecule is CC1CCN(C(=O)c2ccc3c(c2)c2c(n3S(=O)(=O)N(C)C)CCN(C3CCCC3)C2)CC1.CC1CCN(C(=O)c2ccc3c(c2)c2c(n3S(=O)(=O)N(C)C)CCNC2)CC1. The van der Waals surface area contributed by atoms with Crippen LogP contribution < -0.4 is 5.32 Å². The number of nitrogens with one attached hydrogen (secondary N) is 1. The lowest BCUT2D eigenvalue weighted by Crippen LogP contribution is -2.39. The first-order chi connectivity index (χ1) is 29.1. The van der Waals surface area contributed by atoms with Crippen LogP contribution in [0.5, 0.6) is 0 Å². The highest BCUT2D eigenvalue weighted by Gasteiger charge is 2.35. The topological polar surface area (TPSA) is 141 Å². The van der Waals surface area contributed by atoms with E-state index < -0.39 is 20.4 Å². The molecule has 6 heterocycles. The molecular weight excluding hydrogens is 813 g/mol. The molecule has 2 amide bonds. The summed E-state index contributed by atoms with van der Waals surface area (Å²) in [6, 6.07) is 11.6. The number of piperidine rings is 2. The number of likely N-dealkylation sites (tertiary alicyclic amines) is 2. The minimum absolute atomic E-state index is 0.0366. The molecule has 9 rings (SSSR count). The molecule has 5 aliphatic rings. The van der Waals surface area contributed by atoms with Crippen LogP contribution in [0.3, 0.4) is 0 Å². The summed E-state index contributed by atoms with van der Waals surface area (Å²) >= 11 is 0. The third-order valence-electron chi connectivity index (χ3n) is 14.0. The van der Waals surface area contributed by atoms with Crippen LogP contribution in [0, 0.1) is 11.8 Å². The van der Waals surface area contributed by atoms with Crippen molar-refractivity contribution in [2.24, 2.45) is 11.8 Å². The smallest absolute Gasteiger partial charge is 0.307 e. The Bertz CT molecular complexity index is 2520. The highest BCUT2D eigenvalue weighted by Crippen LogP contribution is 2.37. The molecule has 332 valence electrons. The molecule has 0 unspecified atom stereocenters. The molecule has 2 saturated heterocycles. The van der Waals surface area contributed by atoms with E-state index in [1.165, 1.54) is 42.2 Å². The van der Waals surface area contributed by atoms with Crippen LogP contribution in [0.4, 0.5) is 0 Å². The quantitative estimate of drug-likeness (QED) is 0.265. The summed E-state index contributed by atoms with van der Waals surface area (Å²) in [5, 5.41) is 5.09. The lowest BCUT2D eigenvalue weighted by Gasteiger charge is -2.33. The number of carbonyl (C=O) groups is 2. The van der Waals surface area contributed by atoms with Gasteiger partial charge >= 0.3 is 20.4 Å². The van der Waals surface area contributed by atoms with Crippen molar-refractivity contribution in [3.63, 3.8) is 0 Å². The Balaban J connectivity index is 0.000000171. The van der Waals surface area contributed by atoms with Crippen molar-refractivity contribution in [1.82, 2.24) is 36.6 Å². The predicted octanol–water partition coefficient (Wildman–Crippen LogP) is 5.28. The number of nitrogens with zero attached hydrogens (tertiary/aromatic N) is 7. The maximum Gasteiger partial charge on any atom is 0.307 e. The van der Waals surface area contributed by atoms with E-state index in [0.29, 0.717) is 59.4 Å². The Hall–Kier alpha value is -3.80. The van der Waals surface area contributed by atoms with Crippen LogP contribution >= 0.6 is 0 Å². The summed E-state index contributed by atoms with van der Waals surface area (Å²) in [7, 11) is -1.05. The van der Waals surface area contributed by atoms with Gasteiger partial charge in [0.1, 0.15) is 0 Å². The number of benzene rings is 2. The molecule has 1 N–H and O–H groups in total. The van der Waals surface area contributed by atoms with Gasteiger partial charge in [0.25, 0.3) is 11.8 Å². The number of fused-ring (bicyclic) bond motifs is 6. The van der Waals surface area contributed by atoms with Gasteiger partial charge in [0.05, 0.1) is 11.0 Å². The third kappa shape index (κ3) is 8.28. The van der Waals surface area contributed by atoms with Gasteiger partial charge in [0, 0.05) is 133 Å². The Morgan fingerprint density at radius 2 is 1.08 bits per heavy atom. The molecule has 61 heavy (non-hydrogen) atoms. The van der Waals surface area contributed by atoms with E-state index in [1.54, 1.807) is 40.3 Å². The summed E-state index contributed by atoms with van der Waals surface area (Å²) in [5.74, 6) is 1.42. The van der Waals surface area contributed by atoms with Gasteiger partial charge < -0.3 is 15.1 Å². The van der Waals surface area contributed by atoms with Crippen molar-refractivity contribution in [2.75, 3.05) is 67.5 Å². The molecule has 2 aromatic heterocycles. The monoisotopic (exact) mass is 876 g/mol. The molecule has 4 aliphatic heterocycles. The molecule has 1 saturated carbocycles. The fourth-order valence-corrected chi connectivity index (χ4v) is 12.5. The Kier molecular flexibility index (Phi) is 12.5. The first-order valence-corrected chi connectivity index (χ1v) is 25.1. The highest BCUT2D eigenvalue weighted by molar-refractivity contribution is 7.88. The fourth-order valence-electron chi connectivity index (χ4n) is 10.1. The highest BCUT2D eigenvalue weighted by atomic mass is 32.2. The van der Waals surface area contributed by atoms with Gasteiger partial charge in [0.15, 0.2) is 0 Å². The second-order valence-electron chi connectivity index (χ2n) is 18.5. The summed E-state index contributed by atoms with van der Waals surface area (Å²) in [6.07, 6.45) is 10.5. The molecule has 4 aromatic rings. The molecule has 1 aliphatic carbocycles. The van der Waals surface area contributed by atoms with Gasteiger partial charge in [0.2, 0.25) is 0 Å². The van der Waals surface area contributed by atoms with E-state index in [-0.39, 0.29) is 11.8 Å². The van der Waals surface area contributed by atoms with Crippen molar-refractivity contribution in [1.29, 1.82) is 0 Å². The molecule has 0 atom stereocenters. The van der Waals surface area contributed by atoms with Crippen molar-refractivity contribution >= 4 is 54.0 Å². The standard InChI is InChI=1S/C25H36N4O3S.C20H28N4O3S/c1-18-10-13-27(14-11-18)25(30)19-8-9-23-21(16-19)22-17-28(20-6-4-5-7-20)15-12-24(22)29(23)33(31,32)26(2)3;1-14-7-10-23(11-8-14)20(25)15-4-5-18-16(12-15)17-13-21-9-6-19(17)24(18)28(26,27)22(2)3/h8-9,16,18,20H,4-7,10-15,17H2,1-3H3;4-5,12,14,21H,6-11,13H2,1-3H3. The number of hydrogen-bond donors (Lipinski definition) is 1. The predicted molar refractivity (Wildman–Crippen MR) is 240 cm³/mol. The normalized spacial score (nSPS) is 20.1. The van der Waals surface area contributed by atoms with E-state index in [9.17, 15) is 26.4 Å². The van der Waals surface area contributed by atoms with Crippen LogP contribution in [0.1, 0.15) is 108 Å². The van der Waals surface area contributed by atoms with Gasteiger partial charge in [-0.3, -0.25) is 14.5 Å². The van der Waals surface area contributed by atoms with Crippen molar-refractivity contribution < 1.29 is 26.4 Å². The van der Waals surface area contributed by atoms with Gasteiger partial charge in [-0.2, -0.15) is 25.4 Å². The van der Waals surface area contributed by atoms with Crippen LogP contribution in [0.2, 0.25) is 0 Å². The zero-order chi connectivity index (χ0) is 43.4. The Morgan fingerprint density at radius 1 is 0.623 bits per heavy atom. The van der Waals surface area contributed by atoms with E-state index >= 15 is 0 Å². The lowest BCUT2D eigenvalue weighted by molar-refractivity contribution is 0.0689. The summed E-state index contributed by atoms with van der Waals surface area (Å²) in [4.78, 5) is 32.7. The van der Waals surface area contributed by atoms with E-state index in [0.717, 1.165) is 105 Å². The second kappa shape index (κ2) is 17.4. The molecule has 0 bridgehead atoms. The molecule has 0 radical (unpaired) electrons. The minimum atomic E-state index is -3.66. The molecule has 14 nitrogen and oxygen atoms in total. The number of amides is 2. The zero-order valence-corrected chi connectivity index (χ0v) is 38.5. The minimum Gasteiger partial charge on any atom is -0.339 e. The maximum absolute atomic E-state index is 13.3. The number of carbonyl (C=O) groups excluding carboxylic acids is 2. The van der Waals surface area contributed by atoms with Gasteiger partial charge in [-0.05, 0) is 97.9 Å². The third-order valence-corrected chi connectivity index (χ3v) is 17.6. The Morgan fingerprint density at radius 3 is 1.56 bits per heavy atom. The van der Waals surface area contributed by atoms with Gasteiger partial charge in [-0.1, -0.05) is 26.7 Å². The van der Waals surface area contributed by atoms with Gasteiger partial charge in [-0.25, -0.2) is 7.94 Å². The number of aromatic nitrogens is 2. The van der Waals surface area contributed by atoms with Crippen LogP contribution in [0.15, 0.2) is 36.4 Å². The molecule has 3 fully saturated rings. The van der Waals surface area contributed by atoms with E-state index in [2.05, 4.69) is 24.1 Å². The summed E-state index contributed by atoms with van der Waals surface area (Å²) in [5.41, 5.74) is 6.39. The average Bonchev–Trinajstić information content (AvgIpc) is 3.99. The zero-order valence-electron chi connectivity index (χ0n) is 36.8. The fraction of sp³-hybridized carbons (Fsp3) is 0.600. The van der Waals surface area contributed by atoms with Crippen LogP contribution in [-0.4, -0.2) is 133 Å². The van der Waals surface area contributed by atoms with Crippen LogP contribution in [-0.2, 0) is 46.3 Å². The molecule has 0 spiro atoms.